The van der Waals surface area contributed by atoms with Crippen molar-refractivity contribution in [2.45, 2.75) is 6.04 Å². The number of methoxy groups -OCH3 is 1. The lowest BCUT2D eigenvalue weighted by Gasteiger charge is -2.22. The molecule has 2 amide bonds. The summed E-state index contributed by atoms with van der Waals surface area (Å²) < 4.78 is 4.77. The number of fused-ring (bicyclic) bond motifs is 1. The number of carbonyl (C=O) groups is 3. The fraction of sp³-hybridized carbons (Fsp3) is 0.158. The first-order valence-corrected chi connectivity index (χ1v) is 8.55. The molecule has 136 valence electrons. The fourth-order valence-corrected chi connectivity index (χ4v) is 3.45. The Hall–Kier alpha value is -3.19. The lowest BCUT2D eigenvalue weighted by molar-refractivity contribution is -0.133. The van der Waals surface area contributed by atoms with E-state index in [0.29, 0.717) is 16.4 Å². The van der Waals surface area contributed by atoms with Gasteiger partial charge in [-0.15, -0.1) is 0 Å². The van der Waals surface area contributed by atoms with Gasteiger partial charge in [0.1, 0.15) is 12.0 Å². The number of amides is 2. The van der Waals surface area contributed by atoms with E-state index in [9.17, 15) is 14.4 Å². The zero-order chi connectivity index (χ0) is 19.1. The van der Waals surface area contributed by atoms with E-state index in [0.717, 1.165) is 4.90 Å². The summed E-state index contributed by atoms with van der Waals surface area (Å²) in [7, 11) is 1.21. The summed E-state index contributed by atoms with van der Waals surface area (Å²) in [6.45, 7) is 0. The number of anilines is 2. The zero-order valence-corrected chi connectivity index (χ0v) is 15.0. The highest BCUT2D eigenvalue weighted by atomic mass is 35.5. The molecular weight excluding hydrogens is 370 g/mol. The first kappa shape index (κ1) is 17.2. The van der Waals surface area contributed by atoms with Crippen molar-refractivity contribution in [3.8, 4) is 0 Å². The minimum atomic E-state index is -1.03. The van der Waals surface area contributed by atoms with E-state index < -0.39 is 29.7 Å². The first-order valence-electron chi connectivity index (χ1n) is 8.17. The molecule has 0 bridgehead atoms. The van der Waals surface area contributed by atoms with Crippen LogP contribution >= 0.6 is 11.6 Å². The Morgan fingerprint density at radius 3 is 2.30 bits per heavy atom. The Morgan fingerprint density at radius 2 is 1.67 bits per heavy atom. The van der Waals surface area contributed by atoms with Crippen LogP contribution in [-0.4, -0.2) is 36.6 Å². The Labute approximate surface area is 159 Å². The molecule has 4 rings (SSSR count). The van der Waals surface area contributed by atoms with Crippen molar-refractivity contribution in [2.24, 2.45) is 11.0 Å². The number of rotatable bonds is 3. The van der Waals surface area contributed by atoms with Gasteiger partial charge in [0.25, 0.3) is 5.91 Å². The van der Waals surface area contributed by atoms with E-state index in [1.807, 2.05) is 6.07 Å². The van der Waals surface area contributed by atoms with Crippen LogP contribution < -0.4 is 9.91 Å². The van der Waals surface area contributed by atoms with Crippen molar-refractivity contribution in [3.05, 3.63) is 59.6 Å². The quantitative estimate of drug-likeness (QED) is 0.600. The topological polar surface area (TPSA) is 79.3 Å². The number of hydrogen-bond acceptors (Lipinski definition) is 6. The molecular formula is C19H14ClN3O4. The highest BCUT2D eigenvalue weighted by Crippen LogP contribution is 2.38. The molecule has 2 heterocycles. The summed E-state index contributed by atoms with van der Waals surface area (Å²) in [6.07, 6.45) is 0. The van der Waals surface area contributed by atoms with Crippen molar-refractivity contribution >= 4 is 46.5 Å². The highest BCUT2D eigenvalue weighted by molar-refractivity contribution is 6.47. The van der Waals surface area contributed by atoms with Crippen LogP contribution in [0.3, 0.4) is 0 Å². The molecule has 0 unspecified atom stereocenters. The van der Waals surface area contributed by atoms with Crippen molar-refractivity contribution in [1.29, 1.82) is 0 Å². The first-order chi connectivity index (χ1) is 13.0. The maximum Gasteiger partial charge on any atom is 0.355 e. The lowest BCUT2D eigenvalue weighted by atomic mass is 9.98. The van der Waals surface area contributed by atoms with E-state index in [1.54, 1.807) is 48.5 Å². The van der Waals surface area contributed by atoms with Gasteiger partial charge in [-0.1, -0.05) is 29.8 Å². The number of halogens is 1. The van der Waals surface area contributed by atoms with Gasteiger partial charge in [-0.05, 0) is 36.4 Å². The Bertz CT molecular complexity index is 959. The monoisotopic (exact) mass is 383 g/mol. The third-order valence-corrected chi connectivity index (χ3v) is 4.80. The molecule has 0 aliphatic carbocycles. The summed E-state index contributed by atoms with van der Waals surface area (Å²) in [5.74, 6) is -2.74. The van der Waals surface area contributed by atoms with E-state index >= 15 is 0 Å². The van der Waals surface area contributed by atoms with Gasteiger partial charge in [0.15, 0.2) is 5.71 Å². The molecule has 8 heteroatoms. The average molecular weight is 384 g/mol. The molecule has 0 N–H and O–H groups in total. The second kappa shape index (κ2) is 6.51. The number of carbonyl (C=O) groups excluding carboxylic acids is 3. The summed E-state index contributed by atoms with van der Waals surface area (Å²) >= 11 is 5.90. The maximum absolute atomic E-state index is 13.1. The standard InChI is InChI=1S/C19H14ClN3O4/c1-27-19(26)15-14-16(23(21-15)13-5-3-2-4-6-13)18(25)22(17(14)24)12-9-7-11(20)8-10-12/h2-10,14,16H,1H3/t14-,16+/m1/s1. The Kier molecular flexibility index (Phi) is 4.16. The largest absolute Gasteiger partial charge is 0.464 e. The third kappa shape index (κ3) is 2.67. The van der Waals surface area contributed by atoms with Crippen LogP contribution in [0.4, 0.5) is 11.4 Å². The number of nitrogens with zero attached hydrogens (tertiary/aromatic N) is 3. The number of hydrazone groups is 1. The molecule has 2 atom stereocenters. The van der Waals surface area contributed by atoms with Crippen LogP contribution in [0.15, 0.2) is 59.7 Å². The molecule has 2 aromatic carbocycles. The van der Waals surface area contributed by atoms with Crippen LogP contribution in [0.1, 0.15) is 0 Å². The van der Waals surface area contributed by atoms with Gasteiger partial charge in [0.05, 0.1) is 18.5 Å². The van der Waals surface area contributed by atoms with Gasteiger partial charge in [0, 0.05) is 5.02 Å². The molecule has 0 saturated carbocycles. The molecule has 7 nitrogen and oxygen atoms in total. The maximum atomic E-state index is 13.1. The minimum Gasteiger partial charge on any atom is -0.464 e. The van der Waals surface area contributed by atoms with Crippen molar-refractivity contribution in [3.63, 3.8) is 0 Å². The van der Waals surface area contributed by atoms with Crippen LogP contribution in [0.25, 0.3) is 0 Å². The SMILES string of the molecule is COC(=O)C1=NN(c2ccccc2)[C@@H]2C(=O)N(c3ccc(Cl)cc3)C(=O)[C@H]12. The molecule has 2 aliphatic rings. The number of hydrogen-bond donors (Lipinski definition) is 0. The predicted octanol–water partition coefficient (Wildman–Crippen LogP) is 2.25. The van der Waals surface area contributed by atoms with E-state index in [4.69, 9.17) is 16.3 Å². The second-order valence-electron chi connectivity index (χ2n) is 6.07. The van der Waals surface area contributed by atoms with Gasteiger partial charge in [-0.2, -0.15) is 5.10 Å². The highest BCUT2D eigenvalue weighted by Gasteiger charge is 2.59. The molecule has 27 heavy (non-hydrogen) atoms. The van der Waals surface area contributed by atoms with Gasteiger partial charge in [0.2, 0.25) is 5.91 Å². The van der Waals surface area contributed by atoms with Gasteiger partial charge in [-0.3, -0.25) is 14.6 Å². The summed E-state index contributed by atoms with van der Waals surface area (Å²) in [6, 6.07) is 14.3. The predicted molar refractivity (Wildman–Crippen MR) is 99.6 cm³/mol. The molecule has 1 fully saturated rings. The molecule has 2 aromatic rings. The molecule has 0 spiro atoms. The van der Waals surface area contributed by atoms with Crippen LogP contribution in [0, 0.1) is 5.92 Å². The smallest absolute Gasteiger partial charge is 0.355 e. The number of esters is 1. The minimum absolute atomic E-state index is 0.0823. The molecule has 0 aromatic heterocycles. The van der Waals surface area contributed by atoms with Crippen LogP contribution in [0.5, 0.6) is 0 Å². The summed E-state index contributed by atoms with van der Waals surface area (Å²) in [4.78, 5) is 39.4. The van der Waals surface area contributed by atoms with Gasteiger partial charge < -0.3 is 4.74 Å². The van der Waals surface area contributed by atoms with Crippen molar-refractivity contribution < 1.29 is 19.1 Å². The third-order valence-electron chi connectivity index (χ3n) is 4.55. The van der Waals surface area contributed by atoms with Gasteiger partial charge in [-0.25, -0.2) is 9.69 Å². The van der Waals surface area contributed by atoms with Crippen molar-refractivity contribution in [2.75, 3.05) is 17.0 Å². The van der Waals surface area contributed by atoms with E-state index in [-0.39, 0.29) is 5.71 Å². The number of para-hydroxylation sites is 1. The Balaban J connectivity index is 1.80. The number of imide groups is 1. The fourth-order valence-electron chi connectivity index (χ4n) is 3.33. The Morgan fingerprint density at radius 1 is 1.00 bits per heavy atom. The van der Waals surface area contributed by atoms with E-state index in [1.165, 1.54) is 12.1 Å². The molecule has 0 radical (unpaired) electrons. The molecule has 2 aliphatic heterocycles. The number of benzene rings is 2. The van der Waals surface area contributed by atoms with Crippen LogP contribution in [0.2, 0.25) is 5.02 Å². The zero-order valence-electron chi connectivity index (χ0n) is 14.2. The van der Waals surface area contributed by atoms with Gasteiger partial charge >= 0.3 is 5.97 Å². The average Bonchev–Trinajstić information content (AvgIpc) is 3.20. The molecule has 1 saturated heterocycles. The summed E-state index contributed by atoms with van der Waals surface area (Å²) in [5, 5.41) is 6.14. The normalized spacial score (nSPS) is 21.3. The van der Waals surface area contributed by atoms with Crippen LogP contribution in [-0.2, 0) is 19.1 Å². The lowest BCUT2D eigenvalue weighted by Crippen LogP contribution is -2.39. The van der Waals surface area contributed by atoms with E-state index in [2.05, 4.69) is 5.10 Å². The van der Waals surface area contributed by atoms with Crippen molar-refractivity contribution in [1.82, 2.24) is 0 Å². The number of ether oxygens (including phenoxy) is 1. The second-order valence-corrected chi connectivity index (χ2v) is 6.50. The summed E-state index contributed by atoms with van der Waals surface area (Å²) in [5.41, 5.74) is 0.910.